The summed E-state index contributed by atoms with van der Waals surface area (Å²) in [6.45, 7) is 2.81. The lowest BCUT2D eigenvalue weighted by molar-refractivity contribution is -0.115. The van der Waals surface area contributed by atoms with Gasteiger partial charge in [0.05, 0.1) is 29.7 Å². The Balaban J connectivity index is 1.66. The molecular formula is C23H22N4O2S. The molecule has 4 aromatic rings. The summed E-state index contributed by atoms with van der Waals surface area (Å²) in [5.41, 5.74) is 1.50. The number of nitrogens with one attached hydrogen (secondary N) is 1. The lowest BCUT2D eigenvalue weighted by atomic mass is 10.2. The predicted molar refractivity (Wildman–Crippen MR) is 122 cm³/mol. The van der Waals surface area contributed by atoms with Crippen LogP contribution in [0.4, 0.5) is 11.5 Å². The average molecular weight is 419 g/mol. The molecule has 0 aliphatic heterocycles. The zero-order chi connectivity index (χ0) is 20.9. The number of hydrogen-bond acceptors (Lipinski definition) is 6. The number of amides is 1. The Morgan fingerprint density at radius 3 is 2.63 bits per heavy atom. The first-order valence-electron chi connectivity index (χ1n) is 9.68. The standard InChI is InChI=1S/C23H22N4O2S/c1-3-27(15-21(28)24-18-11-6-7-12-19(18)29-2)23-16-9-4-5-10-17(16)25-22(26-23)20-13-8-14-30-20/h4-14H,3,15H2,1-2H3,(H,24,28). The quantitative estimate of drug-likeness (QED) is 0.466. The molecule has 0 fully saturated rings. The maximum absolute atomic E-state index is 12.8. The summed E-state index contributed by atoms with van der Waals surface area (Å²) in [6.07, 6.45) is 0. The first-order chi connectivity index (χ1) is 14.7. The third-order valence-corrected chi connectivity index (χ3v) is 5.59. The second-order valence-electron chi connectivity index (χ2n) is 6.63. The average Bonchev–Trinajstić information content (AvgIpc) is 3.32. The van der Waals surface area contributed by atoms with E-state index in [1.807, 2.05) is 77.9 Å². The van der Waals surface area contributed by atoms with Crippen molar-refractivity contribution in [3.8, 4) is 16.5 Å². The highest BCUT2D eigenvalue weighted by Crippen LogP contribution is 2.29. The van der Waals surface area contributed by atoms with E-state index in [4.69, 9.17) is 14.7 Å². The summed E-state index contributed by atoms with van der Waals surface area (Å²) in [5.74, 6) is 1.91. The van der Waals surface area contributed by atoms with Crippen LogP contribution in [0, 0.1) is 0 Å². The molecule has 2 heterocycles. The fourth-order valence-corrected chi connectivity index (χ4v) is 3.92. The highest BCUT2D eigenvalue weighted by molar-refractivity contribution is 7.13. The number of nitrogens with zero attached hydrogens (tertiary/aromatic N) is 3. The molecule has 0 bridgehead atoms. The Morgan fingerprint density at radius 1 is 1.07 bits per heavy atom. The van der Waals surface area contributed by atoms with Crippen molar-refractivity contribution >= 4 is 39.7 Å². The minimum absolute atomic E-state index is 0.137. The topological polar surface area (TPSA) is 67.4 Å². The van der Waals surface area contributed by atoms with Gasteiger partial charge in [-0.05, 0) is 42.6 Å². The van der Waals surface area contributed by atoms with E-state index in [9.17, 15) is 4.79 Å². The van der Waals surface area contributed by atoms with Crippen LogP contribution in [0.1, 0.15) is 6.92 Å². The Kier molecular flexibility index (Phi) is 5.90. The normalized spacial score (nSPS) is 10.7. The fourth-order valence-electron chi connectivity index (χ4n) is 3.26. The molecule has 0 atom stereocenters. The number of anilines is 2. The Bertz CT molecular complexity index is 1160. The summed E-state index contributed by atoms with van der Waals surface area (Å²) in [4.78, 5) is 25.3. The number of para-hydroxylation sites is 3. The first-order valence-corrected chi connectivity index (χ1v) is 10.6. The molecule has 30 heavy (non-hydrogen) atoms. The van der Waals surface area contributed by atoms with Crippen LogP contribution in [0.2, 0.25) is 0 Å². The van der Waals surface area contributed by atoms with Crippen LogP contribution < -0.4 is 15.0 Å². The maximum atomic E-state index is 12.8. The number of likely N-dealkylation sites (N-methyl/N-ethyl adjacent to an activating group) is 1. The zero-order valence-electron chi connectivity index (χ0n) is 16.8. The number of carbonyl (C=O) groups is 1. The molecule has 0 radical (unpaired) electrons. The van der Waals surface area contributed by atoms with E-state index in [-0.39, 0.29) is 12.5 Å². The number of carbonyl (C=O) groups excluding carboxylic acids is 1. The van der Waals surface area contributed by atoms with Gasteiger partial charge >= 0.3 is 0 Å². The number of benzene rings is 2. The van der Waals surface area contributed by atoms with Crippen LogP contribution >= 0.6 is 11.3 Å². The molecular weight excluding hydrogens is 396 g/mol. The second-order valence-corrected chi connectivity index (χ2v) is 7.58. The van der Waals surface area contributed by atoms with E-state index in [1.54, 1.807) is 18.4 Å². The second kappa shape index (κ2) is 8.92. The molecule has 0 saturated heterocycles. The zero-order valence-corrected chi connectivity index (χ0v) is 17.6. The molecule has 4 rings (SSSR count). The minimum Gasteiger partial charge on any atom is -0.495 e. The van der Waals surface area contributed by atoms with Gasteiger partial charge in [-0.1, -0.05) is 30.3 Å². The van der Waals surface area contributed by atoms with Crippen molar-refractivity contribution in [2.75, 3.05) is 30.4 Å². The van der Waals surface area contributed by atoms with E-state index in [0.717, 1.165) is 21.6 Å². The van der Waals surface area contributed by atoms with Crippen molar-refractivity contribution < 1.29 is 9.53 Å². The van der Waals surface area contributed by atoms with Gasteiger partial charge in [0.1, 0.15) is 11.6 Å². The summed E-state index contributed by atoms with van der Waals surface area (Å²) in [7, 11) is 1.59. The van der Waals surface area contributed by atoms with Gasteiger partial charge in [-0.2, -0.15) is 0 Å². The molecule has 152 valence electrons. The molecule has 0 aliphatic carbocycles. The molecule has 1 N–H and O–H groups in total. The van der Waals surface area contributed by atoms with Gasteiger partial charge in [-0.25, -0.2) is 9.97 Å². The van der Waals surface area contributed by atoms with Crippen molar-refractivity contribution in [1.82, 2.24) is 9.97 Å². The third-order valence-electron chi connectivity index (χ3n) is 4.72. The number of methoxy groups -OCH3 is 1. The number of thiophene rings is 1. The first kappa shape index (κ1) is 19.8. The number of aromatic nitrogens is 2. The summed E-state index contributed by atoms with van der Waals surface area (Å²) in [6, 6.07) is 19.2. The van der Waals surface area contributed by atoms with Crippen LogP contribution in [0.3, 0.4) is 0 Å². The van der Waals surface area contributed by atoms with Gasteiger partial charge in [-0.3, -0.25) is 4.79 Å². The summed E-state index contributed by atoms with van der Waals surface area (Å²) >= 11 is 1.60. The van der Waals surface area contributed by atoms with Crippen molar-refractivity contribution in [2.45, 2.75) is 6.92 Å². The van der Waals surface area contributed by atoms with Gasteiger partial charge in [0.2, 0.25) is 5.91 Å². The number of ether oxygens (including phenoxy) is 1. The Morgan fingerprint density at radius 2 is 1.87 bits per heavy atom. The van der Waals surface area contributed by atoms with Crippen LogP contribution in [0.5, 0.6) is 5.75 Å². The molecule has 6 nitrogen and oxygen atoms in total. The molecule has 2 aromatic heterocycles. The molecule has 0 saturated carbocycles. The molecule has 1 amide bonds. The van der Waals surface area contributed by atoms with Crippen molar-refractivity contribution in [2.24, 2.45) is 0 Å². The highest BCUT2D eigenvalue weighted by Gasteiger charge is 2.18. The molecule has 7 heteroatoms. The minimum atomic E-state index is -0.137. The third kappa shape index (κ3) is 4.11. The molecule has 2 aromatic carbocycles. The number of hydrogen-bond donors (Lipinski definition) is 1. The molecule has 0 unspecified atom stereocenters. The summed E-state index contributed by atoms with van der Waals surface area (Å²) in [5, 5.41) is 5.87. The number of fused-ring (bicyclic) bond motifs is 1. The lowest BCUT2D eigenvalue weighted by Crippen LogP contribution is -2.34. The van der Waals surface area contributed by atoms with E-state index in [2.05, 4.69) is 5.32 Å². The van der Waals surface area contributed by atoms with E-state index in [0.29, 0.717) is 23.8 Å². The van der Waals surface area contributed by atoms with Crippen LogP contribution in [-0.4, -0.2) is 36.1 Å². The Hall–Kier alpha value is -3.45. The highest BCUT2D eigenvalue weighted by atomic mass is 32.1. The lowest BCUT2D eigenvalue weighted by Gasteiger charge is -2.23. The largest absolute Gasteiger partial charge is 0.495 e. The van der Waals surface area contributed by atoms with Gasteiger partial charge in [-0.15, -0.1) is 11.3 Å². The van der Waals surface area contributed by atoms with E-state index in [1.165, 1.54) is 0 Å². The van der Waals surface area contributed by atoms with Crippen LogP contribution in [0.15, 0.2) is 66.0 Å². The van der Waals surface area contributed by atoms with E-state index < -0.39 is 0 Å². The SMILES string of the molecule is CCN(CC(=O)Nc1ccccc1OC)c1nc(-c2cccs2)nc2ccccc12. The van der Waals surface area contributed by atoms with Crippen molar-refractivity contribution in [1.29, 1.82) is 0 Å². The number of rotatable bonds is 7. The van der Waals surface area contributed by atoms with Gasteiger partial charge < -0.3 is 15.0 Å². The Labute approximate surface area is 179 Å². The van der Waals surface area contributed by atoms with Crippen LogP contribution in [0.25, 0.3) is 21.6 Å². The predicted octanol–water partition coefficient (Wildman–Crippen LogP) is 4.83. The molecule has 0 aliphatic rings. The molecule has 0 spiro atoms. The fraction of sp³-hybridized carbons (Fsp3) is 0.174. The van der Waals surface area contributed by atoms with Gasteiger partial charge in [0, 0.05) is 11.9 Å². The smallest absolute Gasteiger partial charge is 0.244 e. The van der Waals surface area contributed by atoms with Gasteiger partial charge in [0.25, 0.3) is 0 Å². The summed E-state index contributed by atoms with van der Waals surface area (Å²) < 4.78 is 5.33. The van der Waals surface area contributed by atoms with Crippen LogP contribution in [-0.2, 0) is 4.79 Å². The monoisotopic (exact) mass is 418 g/mol. The van der Waals surface area contributed by atoms with Crippen molar-refractivity contribution in [3.05, 3.63) is 66.0 Å². The van der Waals surface area contributed by atoms with Crippen molar-refractivity contribution in [3.63, 3.8) is 0 Å². The van der Waals surface area contributed by atoms with Gasteiger partial charge in [0.15, 0.2) is 5.82 Å². The van der Waals surface area contributed by atoms with E-state index >= 15 is 0 Å². The maximum Gasteiger partial charge on any atom is 0.244 e.